The third-order valence-electron chi connectivity index (χ3n) is 6.38. The summed E-state index contributed by atoms with van der Waals surface area (Å²) in [4.78, 5) is 31.9. The Bertz CT molecular complexity index is 2130. The summed E-state index contributed by atoms with van der Waals surface area (Å²) in [5.41, 5.74) is 13.5. The van der Waals surface area contributed by atoms with Crippen molar-refractivity contribution in [1.82, 2.24) is 34.9 Å². The fourth-order valence-electron chi connectivity index (χ4n) is 3.38. The van der Waals surface area contributed by atoms with Crippen molar-refractivity contribution in [3.63, 3.8) is 0 Å². The molecule has 7 rings (SSSR count). The van der Waals surface area contributed by atoms with Crippen LogP contribution in [-0.2, 0) is 13.1 Å². The molecule has 0 saturated carbocycles. The van der Waals surface area contributed by atoms with Crippen molar-refractivity contribution < 1.29 is 17.6 Å². The molecule has 15 heteroatoms. The van der Waals surface area contributed by atoms with Gasteiger partial charge in [-0.1, -0.05) is 122 Å². The van der Waals surface area contributed by atoms with E-state index in [9.17, 15) is 17.6 Å². The lowest BCUT2D eigenvalue weighted by atomic mass is 10.2. The normalized spacial score (nSPS) is 7.76. The molecule has 0 aliphatic heterocycles. The summed E-state index contributed by atoms with van der Waals surface area (Å²) in [6.45, 7) is 42.7. The second-order valence-electron chi connectivity index (χ2n) is 10.6. The fraction of sp³-hybridized carbons (Fsp3) is 0.327. The number of aryl methyl sites for hydroxylation is 3. The van der Waals surface area contributed by atoms with Gasteiger partial charge in [-0.15, -0.1) is 9.97 Å². The Morgan fingerprint density at radius 3 is 1.21 bits per heavy atom. The van der Waals surface area contributed by atoms with Crippen molar-refractivity contribution in [2.24, 2.45) is 11.5 Å². The summed E-state index contributed by atoms with van der Waals surface area (Å²) in [7, 11) is 0. The van der Waals surface area contributed by atoms with Crippen molar-refractivity contribution in [1.29, 1.82) is 0 Å². The van der Waals surface area contributed by atoms with Crippen molar-refractivity contribution in [3.8, 4) is 0 Å². The SMILES string of the molecule is C.CC.CC.CC.CC.CC.CC.Cc1ccnc(CN)c1F.Cc1ccncc1F.Fc1cccnc1.NCc1ccccn1.[C-]#[N+]c1ccccn1.[C-]#[N+]c1nccc(C)c1F.c1ccncc1. The fourth-order valence-corrected chi connectivity index (χ4v) is 3.38. The van der Waals surface area contributed by atoms with Crippen LogP contribution in [0.15, 0.2) is 147 Å². The third kappa shape index (κ3) is 44.5. The lowest BCUT2D eigenvalue weighted by Gasteiger charge is -1.99. The molecule has 0 saturated heterocycles. The van der Waals surface area contributed by atoms with Gasteiger partial charge in [0.05, 0.1) is 23.8 Å². The molecule has 0 spiro atoms. The van der Waals surface area contributed by atoms with Gasteiger partial charge in [-0.3, -0.25) is 24.9 Å². The quantitative estimate of drug-likeness (QED) is 0.127. The number of nitrogens with two attached hydrogens (primary N) is 2. The standard InChI is InChI=1S/C7H5FN2.C7H9FN2.C6H6FN.C6H4N2.C6H8N2.C5H4FN.C5H5N.6C2H6.CH4/c1-5-3-4-10-7(9-2)6(5)8;1-5-2-3-10-6(4-9)7(5)8;1-5-2-3-8-4-6(5)7;1-7-6-4-2-3-5-8-6;7-5-6-3-1-2-4-8-6;6-5-2-1-3-7-4-5;1-2-4-6-5-3-1;6*1-2;/h3-4H,1H3;2-3H,4,9H2,1H3;2-4H,1H3;2-5H;1-4H,5,7H2;1-4H;1-5H;6*1-2H3;1H4. The molecule has 0 unspecified atom stereocenters. The highest BCUT2D eigenvalue weighted by atomic mass is 19.1. The predicted octanol–water partition coefficient (Wildman–Crippen LogP) is 15.9. The van der Waals surface area contributed by atoms with Gasteiger partial charge in [0.25, 0.3) is 5.82 Å². The molecule has 0 radical (unpaired) electrons. The summed E-state index contributed by atoms with van der Waals surface area (Å²) >= 11 is 0. The van der Waals surface area contributed by atoms with Gasteiger partial charge in [0.15, 0.2) is 5.82 Å². The van der Waals surface area contributed by atoms with Gasteiger partial charge in [0.2, 0.25) is 0 Å². The number of halogens is 4. The zero-order valence-corrected chi connectivity index (χ0v) is 43.5. The highest BCUT2D eigenvalue weighted by Gasteiger charge is 2.04. The molecular formula is C55H81F4N11. The molecule has 7 aromatic rings. The molecule has 11 nitrogen and oxygen atoms in total. The molecule has 0 bridgehead atoms. The number of nitrogens with zero attached hydrogens (tertiary/aromatic N) is 9. The molecule has 7 aromatic heterocycles. The molecular weight excluding hydrogens is 891 g/mol. The monoisotopic (exact) mass is 972 g/mol. The Balaban J connectivity index is -0.000000128. The molecule has 7 heterocycles. The van der Waals surface area contributed by atoms with Gasteiger partial charge >= 0.3 is 5.82 Å². The Morgan fingerprint density at radius 2 is 0.929 bits per heavy atom. The van der Waals surface area contributed by atoms with Gasteiger partial charge < -0.3 is 21.2 Å². The van der Waals surface area contributed by atoms with Crippen molar-refractivity contribution in [2.75, 3.05) is 0 Å². The first kappa shape index (κ1) is 76.9. The average molecular weight is 972 g/mol. The zero-order chi connectivity index (χ0) is 54.1. The Labute approximate surface area is 419 Å². The average Bonchev–Trinajstić information content (AvgIpc) is 3.44. The van der Waals surface area contributed by atoms with Crippen LogP contribution in [0.5, 0.6) is 0 Å². The summed E-state index contributed by atoms with van der Waals surface area (Å²) in [6, 6.07) is 24.4. The molecule has 384 valence electrons. The van der Waals surface area contributed by atoms with Crippen LogP contribution in [0.1, 0.15) is 119 Å². The van der Waals surface area contributed by atoms with E-state index in [0.29, 0.717) is 34.7 Å². The molecule has 0 atom stereocenters. The van der Waals surface area contributed by atoms with E-state index >= 15 is 0 Å². The van der Waals surface area contributed by atoms with Crippen molar-refractivity contribution in [2.45, 2.75) is 124 Å². The van der Waals surface area contributed by atoms with Gasteiger partial charge in [0.1, 0.15) is 29.8 Å². The number of rotatable bonds is 2. The number of aromatic nitrogens is 7. The smallest absolute Gasteiger partial charge is 0.305 e. The van der Waals surface area contributed by atoms with Crippen LogP contribution < -0.4 is 11.5 Å². The van der Waals surface area contributed by atoms with Crippen LogP contribution >= 0.6 is 0 Å². The number of hydrogen-bond acceptors (Lipinski definition) is 9. The summed E-state index contributed by atoms with van der Waals surface area (Å²) < 4.78 is 49.7. The second-order valence-corrected chi connectivity index (χ2v) is 10.6. The van der Waals surface area contributed by atoms with Crippen LogP contribution in [-0.4, -0.2) is 34.9 Å². The summed E-state index contributed by atoms with van der Waals surface area (Å²) in [5.74, 6) is -1.04. The maximum atomic E-state index is 12.9. The van der Waals surface area contributed by atoms with Crippen molar-refractivity contribution in [3.05, 3.63) is 221 Å². The lowest BCUT2D eigenvalue weighted by molar-refractivity contribution is 0.590. The molecule has 0 aliphatic rings. The zero-order valence-electron chi connectivity index (χ0n) is 43.5. The van der Waals surface area contributed by atoms with Crippen LogP contribution in [0, 0.1) is 57.2 Å². The van der Waals surface area contributed by atoms with E-state index in [1.165, 1.54) is 36.9 Å². The van der Waals surface area contributed by atoms with E-state index < -0.39 is 5.82 Å². The molecule has 0 amide bonds. The first-order valence-corrected chi connectivity index (χ1v) is 22.7. The highest BCUT2D eigenvalue weighted by molar-refractivity contribution is 5.39. The van der Waals surface area contributed by atoms with E-state index in [1.807, 2.05) is 119 Å². The lowest BCUT2D eigenvalue weighted by Crippen LogP contribution is -2.03. The minimum atomic E-state index is -0.516. The topological polar surface area (TPSA) is 151 Å². The molecule has 0 fully saturated rings. The molecule has 4 N–H and O–H groups in total. The number of hydrogen-bond donors (Lipinski definition) is 2. The van der Waals surface area contributed by atoms with Gasteiger partial charge in [0, 0.05) is 50.3 Å². The first-order valence-electron chi connectivity index (χ1n) is 22.7. The maximum absolute atomic E-state index is 12.9. The van der Waals surface area contributed by atoms with E-state index in [-0.39, 0.29) is 37.2 Å². The van der Waals surface area contributed by atoms with E-state index in [0.717, 1.165) is 5.69 Å². The summed E-state index contributed by atoms with van der Waals surface area (Å²) in [6.07, 6.45) is 15.3. The first-order chi connectivity index (χ1) is 33.6. The Hall–Kier alpha value is -7.33. The minimum Gasteiger partial charge on any atom is -0.361 e. The van der Waals surface area contributed by atoms with Crippen LogP contribution in [0.4, 0.5) is 29.2 Å². The molecule has 0 aliphatic carbocycles. The van der Waals surface area contributed by atoms with Gasteiger partial charge in [-0.05, 0) is 104 Å². The van der Waals surface area contributed by atoms with Crippen molar-refractivity contribution >= 4 is 11.6 Å². The third-order valence-corrected chi connectivity index (χ3v) is 6.38. The van der Waals surface area contributed by atoms with Crippen LogP contribution in [0.3, 0.4) is 0 Å². The Kier molecular flexibility index (Phi) is 67.8. The largest absolute Gasteiger partial charge is 0.361 e. The van der Waals surface area contributed by atoms with E-state index in [2.05, 4.69) is 44.6 Å². The number of pyridine rings is 7. The summed E-state index contributed by atoms with van der Waals surface area (Å²) in [5, 5.41) is 0. The van der Waals surface area contributed by atoms with Gasteiger partial charge in [-0.25, -0.2) is 17.6 Å². The second kappa shape index (κ2) is 61.7. The predicted molar refractivity (Wildman–Crippen MR) is 287 cm³/mol. The maximum Gasteiger partial charge on any atom is 0.305 e. The molecule has 0 aromatic carbocycles. The van der Waals surface area contributed by atoms with Crippen LogP contribution in [0.25, 0.3) is 9.69 Å². The van der Waals surface area contributed by atoms with Gasteiger partial charge in [-0.2, -0.15) is 0 Å². The minimum absolute atomic E-state index is 0. The van der Waals surface area contributed by atoms with E-state index in [1.54, 1.807) is 94.4 Å². The van der Waals surface area contributed by atoms with Crippen LogP contribution in [0.2, 0.25) is 0 Å². The Morgan fingerprint density at radius 1 is 0.443 bits per heavy atom. The highest BCUT2D eigenvalue weighted by Crippen LogP contribution is 2.16. The molecule has 70 heavy (non-hydrogen) atoms. The van der Waals surface area contributed by atoms with E-state index in [4.69, 9.17) is 24.6 Å².